The van der Waals surface area contributed by atoms with E-state index < -0.39 is 11.9 Å². The molecule has 6 heteroatoms. The van der Waals surface area contributed by atoms with Crippen molar-refractivity contribution in [2.75, 3.05) is 25.0 Å². The number of nitriles is 1. The van der Waals surface area contributed by atoms with Gasteiger partial charge in [0.1, 0.15) is 6.07 Å². The predicted molar refractivity (Wildman–Crippen MR) is 72.7 cm³/mol. The number of carbonyl (C=O) groups excluding carboxylic acids is 1. The summed E-state index contributed by atoms with van der Waals surface area (Å²) in [6.45, 7) is -0.423. The van der Waals surface area contributed by atoms with Crippen LogP contribution in [0.4, 0.5) is 5.69 Å². The molecule has 6 nitrogen and oxygen atoms in total. The Kier molecular flexibility index (Phi) is 5.76. The lowest BCUT2D eigenvalue weighted by Gasteiger charge is -2.17. The highest BCUT2D eigenvalue weighted by Gasteiger charge is 2.14. The first-order valence-electron chi connectivity index (χ1n) is 5.73. The summed E-state index contributed by atoms with van der Waals surface area (Å²) in [7, 11) is 0. The number of amides is 1. The number of carboxylic acids is 1. The van der Waals surface area contributed by atoms with Crippen molar-refractivity contribution in [2.24, 2.45) is 0 Å². The molecule has 2 N–H and O–H groups in total. The molecule has 1 aromatic carbocycles. The zero-order chi connectivity index (χ0) is 15.0. The number of rotatable bonds is 6. The van der Waals surface area contributed by atoms with Crippen LogP contribution in [-0.2, 0) is 9.59 Å². The maximum Gasteiger partial charge on any atom is 0.317 e. The fourth-order valence-electron chi connectivity index (χ4n) is 1.57. The zero-order valence-electron chi connectivity index (χ0n) is 10.7. The number of carboxylic acid groups (broad SMARTS) is 1. The number of nitrogens with zero attached hydrogens (tertiary/aromatic N) is 2. The van der Waals surface area contributed by atoms with Crippen molar-refractivity contribution in [3.63, 3.8) is 0 Å². The molecule has 0 aromatic heterocycles. The average Bonchev–Trinajstić information content (AvgIpc) is 2.38. The topological polar surface area (TPSA) is 93.4 Å². The van der Waals surface area contributed by atoms with Crippen LogP contribution >= 0.6 is 0 Å². The summed E-state index contributed by atoms with van der Waals surface area (Å²) in [5.74, 6) is 0.804. The quantitative estimate of drug-likeness (QED) is 0.735. The number of terminal acetylenes is 1. The van der Waals surface area contributed by atoms with Gasteiger partial charge < -0.3 is 10.4 Å². The second kappa shape index (κ2) is 7.57. The molecule has 0 fully saturated rings. The van der Waals surface area contributed by atoms with Gasteiger partial charge in [0.2, 0.25) is 5.91 Å². The molecule has 0 radical (unpaired) electrons. The van der Waals surface area contributed by atoms with E-state index in [9.17, 15) is 9.59 Å². The van der Waals surface area contributed by atoms with Crippen molar-refractivity contribution in [1.29, 1.82) is 5.26 Å². The van der Waals surface area contributed by atoms with E-state index in [1.807, 2.05) is 6.07 Å². The minimum absolute atomic E-state index is 0.0552. The molecule has 1 aromatic rings. The molecule has 0 aliphatic rings. The first kappa shape index (κ1) is 15.2. The van der Waals surface area contributed by atoms with Gasteiger partial charge in [0.25, 0.3) is 0 Å². The smallest absolute Gasteiger partial charge is 0.317 e. The number of anilines is 1. The summed E-state index contributed by atoms with van der Waals surface area (Å²) < 4.78 is 0. The summed E-state index contributed by atoms with van der Waals surface area (Å²) in [6, 6.07) is 8.50. The average molecular weight is 271 g/mol. The summed E-state index contributed by atoms with van der Waals surface area (Å²) in [5, 5.41) is 20.2. The van der Waals surface area contributed by atoms with E-state index in [1.54, 1.807) is 24.3 Å². The van der Waals surface area contributed by atoms with Gasteiger partial charge in [-0.25, -0.2) is 0 Å². The van der Waals surface area contributed by atoms with Gasteiger partial charge in [0.15, 0.2) is 0 Å². The Morgan fingerprint density at radius 1 is 1.35 bits per heavy atom. The Hall–Kier alpha value is -2.83. The molecule has 0 aliphatic heterocycles. The van der Waals surface area contributed by atoms with Gasteiger partial charge in [-0.2, -0.15) is 5.26 Å². The highest BCUT2D eigenvalue weighted by atomic mass is 16.4. The van der Waals surface area contributed by atoms with Crippen molar-refractivity contribution in [3.05, 3.63) is 29.8 Å². The van der Waals surface area contributed by atoms with Gasteiger partial charge in [-0.3, -0.25) is 14.5 Å². The summed E-state index contributed by atoms with van der Waals surface area (Å²) in [6.07, 6.45) is 5.12. The lowest BCUT2D eigenvalue weighted by Crippen LogP contribution is -2.37. The van der Waals surface area contributed by atoms with E-state index in [0.717, 1.165) is 0 Å². The normalized spacial score (nSPS) is 9.55. The number of para-hydroxylation sites is 1. The van der Waals surface area contributed by atoms with E-state index in [-0.39, 0.29) is 19.6 Å². The van der Waals surface area contributed by atoms with Crippen molar-refractivity contribution in [3.8, 4) is 18.4 Å². The van der Waals surface area contributed by atoms with E-state index in [0.29, 0.717) is 11.3 Å². The van der Waals surface area contributed by atoms with Crippen LogP contribution in [0.15, 0.2) is 24.3 Å². The van der Waals surface area contributed by atoms with Crippen LogP contribution in [-0.4, -0.2) is 41.5 Å². The number of nitrogens with one attached hydrogen (secondary N) is 1. The minimum Gasteiger partial charge on any atom is -0.480 e. The molecule has 0 heterocycles. The maximum atomic E-state index is 11.8. The predicted octanol–water partition coefficient (Wildman–Crippen LogP) is 0.517. The first-order chi connectivity index (χ1) is 9.56. The summed E-state index contributed by atoms with van der Waals surface area (Å²) in [5.41, 5.74) is 0.721. The van der Waals surface area contributed by atoms with Crippen molar-refractivity contribution < 1.29 is 14.7 Å². The van der Waals surface area contributed by atoms with E-state index >= 15 is 0 Å². The third-order valence-electron chi connectivity index (χ3n) is 2.36. The van der Waals surface area contributed by atoms with Crippen LogP contribution in [0, 0.1) is 23.7 Å². The largest absolute Gasteiger partial charge is 0.480 e. The molecule has 1 amide bonds. The van der Waals surface area contributed by atoms with Crippen LogP contribution in [0.5, 0.6) is 0 Å². The zero-order valence-corrected chi connectivity index (χ0v) is 10.7. The molecule has 1 rings (SSSR count). The highest BCUT2D eigenvalue weighted by molar-refractivity contribution is 5.93. The van der Waals surface area contributed by atoms with Crippen LogP contribution in [0.1, 0.15) is 5.56 Å². The molecule has 0 saturated carbocycles. The fourth-order valence-corrected chi connectivity index (χ4v) is 1.57. The first-order valence-corrected chi connectivity index (χ1v) is 5.73. The Morgan fingerprint density at radius 2 is 2.05 bits per heavy atom. The van der Waals surface area contributed by atoms with E-state index in [2.05, 4.69) is 11.2 Å². The second-order valence-electron chi connectivity index (χ2n) is 3.95. The van der Waals surface area contributed by atoms with Gasteiger partial charge in [-0.1, -0.05) is 18.1 Å². The third kappa shape index (κ3) is 4.81. The SMILES string of the molecule is C#CCN(CC(=O)O)CC(=O)Nc1ccccc1C#N. The number of carbonyl (C=O) groups is 2. The fraction of sp³-hybridized carbons (Fsp3) is 0.214. The number of hydrogen-bond donors (Lipinski definition) is 2. The standard InChI is InChI=1S/C14H13N3O3/c1-2-7-17(10-14(19)20)9-13(18)16-12-6-4-3-5-11(12)8-15/h1,3-6H,7,9-10H2,(H,16,18)(H,19,20). The Bertz CT molecular complexity index is 584. The Labute approximate surface area is 116 Å². The molecule has 0 saturated heterocycles. The van der Waals surface area contributed by atoms with Crippen LogP contribution in [0.25, 0.3) is 0 Å². The summed E-state index contributed by atoms with van der Waals surface area (Å²) >= 11 is 0. The lowest BCUT2D eigenvalue weighted by molar-refractivity contribution is -0.138. The van der Waals surface area contributed by atoms with Crippen molar-refractivity contribution in [1.82, 2.24) is 4.90 Å². The van der Waals surface area contributed by atoms with Crippen molar-refractivity contribution >= 4 is 17.6 Å². The number of hydrogen-bond acceptors (Lipinski definition) is 4. The molecule has 0 bridgehead atoms. The molecule has 102 valence electrons. The van der Waals surface area contributed by atoms with E-state index in [4.69, 9.17) is 16.8 Å². The molecular formula is C14H13N3O3. The maximum absolute atomic E-state index is 11.8. The van der Waals surface area contributed by atoms with Crippen LogP contribution in [0.2, 0.25) is 0 Å². The van der Waals surface area contributed by atoms with Gasteiger partial charge in [0, 0.05) is 0 Å². The van der Waals surface area contributed by atoms with Gasteiger partial charge in [0.05, 0.1) is 30.9 Å². The minimum atomic E-state index is -1.06. The monoisotopic (exact) mass is 271 g/mol. The molecular weight excluding hydrogens is 258 g/mol. The number of aliphatic carboxylic acids is 1. The van der Waals surface area contributed by atoms with E-state index in [1.165, 1.54) is 4.90 Å². The van der Waals surface area contributed by atoms with Gasteiger partial charge in [-0.15, -0.1) is 6.42 Å². The molecule has 20 heavy (non-hydrogen) atoms. The van der Waals surface area contributed by atoms with Crippen molar-refractivity contribution in [2.45, 2.75) is 0 Å². The second-order valence-corrected chi connectivity index (χ2v) is 3.95. The molecule has 0 unspecified atom stereocenters. The van der Waals surface area contributed by atoms with Gasteiger partial charge in [-0.05, 0) is 12.1 Å². The highest BCUT2D eigenvalue weighted by Crippen LogP contribution is 2.13. The van der Waals surface area contributed by atoms with Crippen LogP contribution in [0.3, 0.4) is 0 Å². The van der Waals surface area contributed by atoms with Crippen LogP contribution < -0.4 is 5.32 Å². The Balaban J connectivity index is 2.69. The molecule has 0 aliphatic carbocycles. The third-order valence-corrected chi connectivity index (χ3v) is 2.36. The van der Waals surface area contributed by atoms with Gasteiger partial charge >= 0.3 is 5.97 Å². The Morgan fingerprint density at radius 3 is 2.65 bits per heavy atom. The number of benzene rings is 1. The molecule has 0 atom stereocenters. The lowest BCUT2D eigenvalue weighted by atomic mass is 10.2. The molecule has 0 spiro atoms. The summed E-state index contributed by atoms with van der Waals surface area (Å²) in [4.78, 5) is 23.8.